The van der Waals surface area contributed by atoms with Crippen LogP contribution < -0.4 is 11.5 Å². The van der Waals surface area contributed by atoms with Gasteiger partial charge in [0.2, 0.25) is 0 Å². The number of hydrogen-bond donors (Lipinski definition) is 2. The Kier molecular flexibility index (Phi) is 1.88. The summed E-state index contributed by atoms with van der Waals surface area (Å²) in [6.45, 7) is 3.63. The molecule has 0 unspecified atom stereocenters. The molecule has 4 N–H and O–H groups in total. The molecular formula is C8H10N4. The highest BCUT2D eigenvalue weighted by Gasteiger charge is 2.09. The van der Waals surface area contributed by atoms with Crippen molar-refractivity contribution in [3.8, 4) is 6.07 Å². The molecular weight excluding hydrogens is 152 g/mol. The molecule has 0 aromatic carbocycles. The molecule has 1 aromatic rings. The van der Waals surface area contributed by atoms with Crippen molar-refractivity contribution in [2.45, 2.75) is 13.8 Å². The fourth-order valence-electron chi connectivity index (χ4n) is 0.982. The van der Waals surface area contributed by atoms with Crippen molar-refractivity contribution in [2.75, 3.05) is 11.5 Å². The van der Waals surface area contributed by atoms with Crippen molar-refractivity contribution in [3.05, 3.63) is 16.7 Å². The number of rotatable bonds is 0. The summed E-state index contributed by atoms with van der Waals surface area (Å²) in [6.07, 6.45) is 0. The molecule has 4 heteroatoms. The summed E-state index contributed by atoms with van der Waals surface area (Å²) in [5, 5.41) is 8.70. The molecule has 0 saturated carbocycles. The molecule has 0 aliphatic rings. The molecule has 0 aliphatic heterocycles. The first-order valence-corrected chi connectivity index (χ1v) is 3.50. The Hall–Kier alpha value is -1.76. The molecule has 0 radical (unpaired) electrons. The van der Waals surface area contributed by atoms with E-state index in [0.29, 0.717) is 11.4 Å². The number of pyridine rings is 1. The summed E-state index contributed by atoms with van der Waals surface area (Å²) < 4.78 is 0. The van der Waals surface area contributed by atoms with Crippen molar-refractivity contribution in [1.29, 1.82) is 5.26 Å². The lowest BCUT2D eigenvalue weighted by molar-refractivity contribution is 1.21. The second-order valence-corrected chi connectivity index (χ2v) is 2.62. The molecule has 0 saturated heterocycles. The number of nitrogens with zero attached hydrogens (tertiary/aromatic N) is 2. The van der Waals surface area contributed by atoms with Crippen molar-refractivity contribution >= 4 is 11.6 Å². The number of nitrogens with two attached hydrogens (primary N) is 2. The third-order valence-electron chi connectivity index (χ3n) is 1.93. The van der Waals surface area contributed by atoms with E-state index in [2.05, 4.69) is 4.98 Å². The first kappa shape index (κ1) is 8.34. The zero-order valence-corrected chi connectivity index (χ0v) is 7.05. The lowest BCUT2D eigenvalue weighted by Crippen LogP contribution is -2.04. The van der Waals surface area contributed by atoms with E-state index in [1.54, 1.807) is 0 Å². The molecule has 0 spiro atoms. The molecule has 0 atom stereocenters. The van der Waals surface area contributed by atoms with E-state index in [4.69, 9.17) is 16.7 Å². The molecule has 0 amide bonds. The quantitative estimate of drug-likeness (QED) is 0.588. The van der Waals surface area contributed by atoms with Crippen molar-refractivity contribution in [2.24, 2.45) is 0 Å². The van der Waals surface area contributed by atoms with Crippen LogP contribution in [0.5, 0.6) is 0 Å². The van der Waals surface area contributed by atoms with Crippen LogP contribution in [0.3, 0.4) is 0 Å². The number of anilines is 2. The lowest BCUT2D eigenvalue weighted by atomic mass is 10.1. The van der Waals surface area contributed by atoms with Crippen LogP contribution in [0.4, 0.5) is 11.6 Å². The summed E-state index contributed by atoms with van der Waals surface area (Å²) >= 11 is 0. The summed E-state index contributed by atoms with van der Waals surface area (Å²) in [5.74, 6) is 0.599. The van der Waals surface area contributed by atoms with E-state index < -0.39 is 0 Å². The van der Waals surface area contributed by atoms with E-state index >= 15 is 0 Å². The van der Waals surface area contributed by atoms with E-state index in [1.807, 2.05) is 19.9 Å². The van der Waals surface area contributed by atoms with Gasteiger partial charge in [0, 0.05) is 0 Å². The molecule has 12 heavy (non-hydrogen) atoms. The maximum Gasteiger partial charge on any atom is 0.144 e. The predicted octanol–water partition coefficient (Wildman–Crippen LogP) is 0.735. The minimum absolute atomic E-state index is 0.207. The van der Waals surface area contributed by atoms with Gasteiger partial charge in [-0.25, -0.2) is 4.98 Å². The molecule has 0 aliphatic carbocycles. The van der Waals surface area contributed by atoms with E-state index in [9.17, 15) is 0 Å². The molecule has 0 fully saturated rings. The average molecular weight is 162 g/mol. The minimum Gasteiger partial charge on any atom is -0.383 e. The van der Waals surface area contributed by atoms with Gasteiger partial charge in [0.25, 0.3) is 0 Å². The maximum atomic E-state index is 8.70. The SMILES string of the molecule is Cc1c(N)nc(N)c(C#N)c1C. The standard InChI is InChI=1S/C8H10N4/c1-4-5(2)7(10)12-8(11)6(4)3-9/h1-2H3,(H4,10,11,12). The van der Waals surface area contributed by atoms with Crippen molar-refractivity contribution < 1.29 is 0 Å². The fraction of sp³-hybridized carbons (Fsp3) is 0.250. The highest BCUT2D eigenvalue weighted by atomic mass is 14.9. The Morgan fingerprint density at radius 2 is 1.75 bits per heavy atom. The third kappa shape index (κ3) is 1.05. The zero-order chi connectivity index (χ0) is 9.30. The second kappa shape index (κ2) is 2.70. The van der Waals surface area contributed by atoms with E-state index in [-0.39, 0.29) is 5.82 Å². The first-order chi connectivity index (χ1) is 5.57. The molecule has 62 valence electrons. The molecule has 4 nitrogen and oxygen atoms in total. The maximum absolute atomic E-state index is 8.70. The third-order valence-corrected chi connectivity index (χ3v) is 1.93. The van der Waals surface area contributed by atoms with E-state index in [1.165, 1.54) is 0 Å². The summed E-state index contributed by atoms with van der Waals surface area (Å²) in [4.78, 5) is 3.84. The molecule has 1 heterocycles. The number of hydrogen-bond acceptors (Lipinski definition) is 4. The molecule has 1 aromatic heterocycles. The van der Waals surface area contributed by atoms with Crippen molar-refractivity contribution in [3.63, 3.8) is 0 Å². The van der Waals surface area contributed by atoms with Crippen LogP contribution in [-0.2, 0) is 0 Å². The van der Waals surface area contributed by atoms with Gasteiger partial charge >= 0.3 is 0 Å². The van der Waals surface area contributed by atoms with Crippen LogP contribution >= 0.6 is 0 Å². The van der Waals surface area contributed by atoms with Gasteiger partial charge in [-0.3, -0.25) is 0 Å². The second-order valence-electron chi connectivity index (χ2n) is 2.62. The smallest absolute Gasteiger partial charge is 0.144 e. The van der Waals surface area contributed by atoms with Crippen LogP contribution in [0.2, 0.25) is 0 Å². The van der Waals surface area contributed by atoms with Crippen LogP contribution in [0.25, 0.3) is 0 Å². The van der Waals surface area contributed by atoms with Crippen LogP contribution in [0.15, 0.2) is 0 Å². The first-order valence-electron chi connectivity index (χ1n) is 3.50. The highest BCUT2D eigenvalue weighted by molar-refractivity contribution is 5.61. The zero-order valence-electron chi connectivity index (χ0n) is 7.05. The average Bonchev–Trinajstić information content (AvgIpc) is 2.01. The predicted molar refractivity (Wildman–Crippen MR) is 47.3 cm³/mol. The lowest BCUT2D eigenvalue weighted by Gasteiger charge is -2.06. The minimum atomic E-state index is 0.207. The Morgan fingerprint density at radius 1 is 1.17 bits per heavy atom. The fourth-order valence-corrected chi connectivity index (χ4v) is 0.982. The summed E-state index contributed by atoms with van der Waals surface area (Å²) in [6, 6.07) is 1.99. The van der Waals surface area contributed by atoms with Gasteiger partial charge in [0.05, 0.1) is 5.56 Å². The largest absolute Gasteiger partial charge is 0.383 e. The van der Waals surface area contributed by atoms with Gasteiger partial charge in [0.1, 0.15) is 17.7 Å². The van der Waals surface area contributed by atoms with Crippen LogP contribution in [-0.4, -0.2) is 4.98 Å². The Bertz CT molecular complexity index is 362. The highest BCUT2D eigenvalue weighted by Crippen LogP contribution is 2.20. The van der Waals surface area contributed by atoms with Gasteiger partial charge in [-0.2, -0.15) is 5.26 Å². The monoisotopic (exact) mass is 162 g/mol. The Balaban J connectivity index is 3.54. The van der Waals surface area contributed by atoms with Gasteiger partial charge in [-0.1, -0.05) is 0 Å². The summed E-state index contributed by atoms with van der Waals surface area (Å²) in [5.41, 5.74) is 13.1. The Morgan fingerprint density at radius 3 is 2.25 bits per heavy atom. The summed E-state index contributed by atoms with van der Waals surface area (Å²) in [7, 11) is 0. The van der Waals surface area contributed by atoms with Gasteiger partial charge < -0.3 is 11.5 Å². The van der Waals surface area contributed by atoms with Gasteiger partial charge in [-0.05, 0) is 25.0 Å². The van der Waals surface area contributed by atoms with Crippen LogP contribution in [0.1, 0.15) is 16.7 Å². The number of aromatic nitrogens is 1. The topological polar surface area (TPSA) is 88.7 Å². The molecule has 1 rings (SSSR count). The molecule has 0 bridgehead atoms. The van der Waals surface area contributed by atoms with E-state index in [0.717, 1.165) is 11.1 Å². The van der Waals surface area contributed by atoms with Crippen molar-refractivity contribution in [1.82, 2.24) is 4.98 Å². The number of nitriles is 1. The van der Waals surface area contributed by atoms with Gasteiger partial charge in [0.15, 0.2) is 0 Å². The Labute approximate surface area is 70.8 Å². The normalized spacial score (nSPS) is 9.42. The van der Waals surface area contributed by atoms with Gasteiger partial charge in [-0.15, -0.1) is 0 Å². The van der Waals surface area contributed by atoms with Crippen LogP contribution in [0, 0.1) is 25.2 Å². The number of nitrogen functional groups attached to an aromatic ring is 2.